The van der Waals surface area contributed by atoms with Gasteiger partial charge in [0.05, 0.1) is 12.2 Å². The van der Waals surface area contributed by atoms with Gasteiger partial charge in [0, 0.05) is 37.9 Å². The van der Waals surface area contributed by atoms with Gasteiger partial charge in [0.1, 0.15) is 17.4 Å². The van der Waals surface area contributed by atoms with Crippen LogP contribution in [0.1, 0.15) is 42.1 Å². The number of fused-ring (bicyclic) bond motifs is 1. The zero-order chi connectivity index (χ0) is 21.1. The molecule has 4 rings (SSSR count). The van der Waals surface area contributed by atoms with Gasteiger partial charge in [0.15, 0.2) is 0 Å². The van der Waals surface area contributed by atoms with E-state index >= 15 is 0 Å². The van der Waals surface area contributed by atoms with Gasteiger partial charge >= 0.3 is 0 Å². The van der Waals surface area contributed by atoms with Crippen molar-refractivity contribution in [3.8, 4) is 5.75 Å². The third-order valence-electron chi connectivity index (χ3n) is 5.42. The highest BCUT2D eigenvalue weighted by Gasteiger charge is 2.25. The Kier molecular flexibility index (Phi) is 5.83. The van der Waals surface area contributed by atoms with Crippen LogP contribution in [0.25, 0.3) is 5.78 Å². The fourth-order valence-corrected chi connectivity index (χ4v) is 3.94. The summed E-state index contributed by atoms with van der Waals surface area (Å²) in [6, 6.07) is 9.58. The van der Waals surface area contributed by atoms with Crippen molar-refractivity contribution in [2.75, 3.05) is 37.7 Å². The van der Waals surface area contributed by atoms with E-state index in [4.69, 9.17) is 9.72 Å². The molecular weight excluding hydrogens is 380 g/mol. The molecule has 30 heavy (non-hydrogen) atoms. The lowest BCUT2D eigenvalue weighted by Gasteiger charge is -2.35. The second-order valence-corrected chi connectivity index (χ2v) is 7.45. The smallest absolute Gasteiger partial charge is 0.257 e. The van der Waals surface area contributed by atoms with Crippen LogP contribution in [0.4, 0.5) is 5.82 Å². The summed E-state index contributed by atoms with van der Waals surface area (Å²) >= 11 is 0. The van der Waals surface area contributed by atoms with Gasteiger partial charge in [-0.25, -0.2) is 0 Å². The summed E-state index contributed by atoms with van der Waals surface area (Å²) in [6.07, 6.45) is 1.98. The number of carbonyl (C=O) groups is 1. The van der Waals surface area contributed by atoms with Gasteiger partial charge in [-0.3, -0.25) is 9.20 Å². The van der Waals surface area contributed by atoms with Gasteiger partial charge in [-0.05, 0) is 32.4 Å². The molecule has 158 valence electrons. The van der Waals surface area contributed by atoms with Crippen LogP contribution >= 0.6 is 0 Å². The van der Waals surface area contributed by atoms with E-state index in [2.05, 4.69) is 28.1 Å². The number of hydrogen-bond acceptors (Lipinski definition) is 6. The largest absolute Gasteiger partial charge is 0.493 e. The Morgan fingerprint density at radius 2 is 1.87 bits per heavy atom. The molecule has 0 spiro atoms. The monoisotopic (exact) mass is 408 g/mol. The molecule has 1 amide bonds. The molecule has 0 N–H and O–H groups in total. The van der Waals surface area contributed by atoms with Crippen LogP contribution in [0.3, 0.4) is 0 Å². The third-order valence-corrected chi connectivity index (χ3v) is 5.42. The predicted octanol–water partition coefficient (Wildman–Crippen LogP) is 2.75. The number of para-hydroxylation sites is 1. The van der Waals surface area contributed by atoms with E-state index in [9.17, 15) is 4.79 Å². The quantitative estimate of drug-likeness (QED) is 0.624. The van der Waals surface area contributed by atoms with E-state index in [0.717, 1.165) is 37.6 Å². The van der Waals surface area contributed by atoms with Crippen molar-refractivity contribution in [3.05, 3.63) is 47.4 Å². The molecule has 0 radical (unpaired) electrons. The first-order chi connectivity index (χ1) is 14.6. The van der Waals surface area contributed by atoms with Crippen molar-refractivity contribution >= 4 is 17.5 Å². The first-order valence-corrected chi connectivity index (χ1v) is 10.6. The maximum Gasteiger partial charge on any atom is 0.257 e. The van der Waals surface area contributed by atoms with Gasteiger partial charge in [-0.15, -0.1) is 10.2 Å². The average Bonchev–Trinajstić information content (AvgIpc) is 3.15. The Hall–Kier alpha value is -3.16. The van der Waals surface area contributed by atoms with E-state index < -0.39 is 0 Å². The predicted molar refractivity (Wildman–Crippen MR) is 115 cm³/mol. The van der Waals surface area contributed by atoms with E-state index in [1.807, 2.05) is 47.4 Å². The fraction of sp³-hybridized carbons (Fsp3) is 0.455. The third kappa shape index (κ3) is 3.81. The van der Waals surface area contributed by atoms with E-state index in [0.29, 0.717) is 36.8 Å². The number of ether oxygens (including phenoxy) is 1. The lowest BCUT2D eigenvalue weighted by atomic mass is 10.1. The number of piperazine rings is 1. The van der Waals surface area contributed by atoms with Crippen molar-refractivity contribution in [1.82, 2.24) is 24.5 Å². The van der Waals surface area contributed by atoms with Crippen LogP contribution in [-0.4, -0.2) is 63.2 Å². The van der Waals surface area contributed by atoms with E-state index in [1.54, 1.807) is 0 Å². The highest BCUT2D eigenvalue weighted by atomic mass is 16.5. The Morgan fingerprint density at radius 3 is 2.60 bits per heavy atom. The summed E-state index contributed by atoms with van der Waals surface area (Å²) in [7, 11) is 0. The highest BCUT2D eigenvalue weighted by Crippen LogP contribution is 2.23. The molecular formula is C22H28N6O2. The van der Waals surface area contributed by atoms with Crippen LogP contribution in [0.2, 0.25) is 0 Å². The summed E-state index contributed by atoms with van der Waals surface area (Å²) in [4.78, 5) is 21.9. The number of nitrogens with zero attached hydrogens (tertiary/aromatic N) is 6. The standard InChI is InChI=1S/C22H28N6O2/c1-4-8-17-15-20(23-22-25-24-16(3)28(17)22)26-11-13-27(14-12-26)21(29)18-9-6-7-10-19(18)30-5-2/h6-7,9-10,15H,4-5,8,11-14H2,1-3H3. The average molecular weight is 409 g/mol. The number of rotatable bonds is 6. The number of aryl methyl sites for hydroxylation is 2. The van der Waals surface area contributed by atoms with Gasteiger partial charge in [0.2, 0.25) is 0 Å². The molecule has 2 aromatic heterocycles. The lowest BCUT2D eigenvalue weighted by molar-refractivity contribution is 0.0742. The zero-order valence-electron chi connectivity index (χ0n) is 17.8. The molecule has 0 unspecified atom stereocenters. The van der Waals surface area contributed by atoms with Crippen molar-refractivity contribution in [2.45, 2.75) is 33.6 Å². The molecule has 3 heterocycles. The summed E-state index contributed by atoms with van der Waals surface area (Å²) in [5.74, 6) is 3.06. The number of amides is 1. The number of carbonyl (C=O) groups excluding carboxylic acids is 1. The van der Waals surface area contributed by atoms with E-state index in [-0.39, 0.29) is 5.91 Å². The van der Waals surface area contributed by atoms with Crippen molar-refractivity contribution in [1.29, 1.82) is 0 Å². The summed E-state index contributed by atoms with van der Waals surface area (Å²) in [5, 5.41) is 8.41. The Balaban J connectivity index is 1.50. The summed E-state index contributed by atoms with van der Waals surface area (Å²) in [6.45, 7) is 9.31. The molecule has 1 aromatic carbocycles. The van der Waals surface area contributed by atoms with Crippen LogP contribution in [0, 0.1) is 6.92 Å². The van der Waals surface area contributed by atoms with Crippen LogP contribution in [-0.2, 0) is 6.42 Å². The second kappa shape index (κ2) is 8.69. The van der Waals surface area contributed by atoms with Gasteiger partial charge in [-0.1, -0.05) is 25.5 Å². The van der Waals surface area contributed by atoms with E-state index in [1.165, 1.54) is 5.69 Å². The molecule has 0 bridgehead atoms. The Bertz CT molecular complexity index is 1040. The van der Waals surface area contributed by atoms with Crippen molar-refractivity contribution in [2.24, 2.45) is 0 Å². The maximum atomic E-state index is 13.0. The lowest BCUT2D eigenvalue weighted by Crippen LogP contribution is -2.49. The Labute approximate surface area is 176 Å². The minimum atomic E-state index is 0.0156. The first-order valence-electron chi connectivity index (χ1n) is 10.6. The minimum absolute atomic E-state index is 0.0156. The fourth-order valence-electron chi connectivity index (χ4n) is 3.94. The minimum Gasteiger partial charge on any atom is -0.493 e. The summed E-state index contributed by atoms with van der Waals surface area (Å²) in [5.41, 5.74) is 1.79. The van der Waals surface area contributed by atoms with Gasteiger partial charge < -0.3 is 14.5 Å². The van der Waals surface area contributed by atoms with Crippen LogP contribution in [0.5, 0.6) is 5.75 Å². The molecule has 1 aliphatic rings. The van der Waals surface area contributed by atoms with Crippen molar-refractivity contribution < 1.29 is 9.53 Å². The molecule has 0 aliphatic carbocycles. The highest BCUT2D eigenvalue weighted by molar-refractivity contribution is 5.97. The summed E-state index contributed by atoms with van der Waals surface area (Å²) < 4.78 is 7.66. The van der Waals surface area contributed by atoms with Crippen LogP contribution in [0.15, 0.2) is 30.3 Å². The molecule has 1 fully saturated rings. The number of benzene rings is 1. The number of aromatic nitrogens is 4. The SMILES string of the molecule is CCCc1cc(N2CCN(C(=O)c3ccccc3OCC)CC2)nc2nnc(C)n12. The topological polar surface area (TPSA) is 75.9 Å². The number of hydrogen-bond donors (Lipinski definition) is 0. The molecule has 8 nitrogen and oxygen atoms in total. The zero-order valence-corrected chi connectivity index (χ0v) is 17.8. The first kappa shape index (κ1) is 20.1. The van der Waals surface area contributed by atoms with Crippen molar-refractivity contribution in [3.63, 3.8) is 0 Å². The van der Waals surface area contributed by atoms with Crippen LogP contribution < -0.4 is 9.64 Å². The molecule has 1 aliphatic heterocycles. The molecule has 1 saturated heterocycles. The maximum absolute atomic E-state index is 13.0. The number of anilines is 1. The molecule has 8 heteroatoms. The normalized spacial score (nSPS) is 14.4. The molecule has 3 aromatic rings. The molecule has 0 saturated carbocycles. The van der Waals surface area contributed by atoms with Gasteiger partial charge in [0.25, 0.3) is 11.7 Å². The van der Waals surface area contributed by atoms with Gasteiger partial charge in [-0.2, -0.15) is 4.98 Å². The second-order valence-electron chi connectivity index (χ2n) is 7.45. The Morgan fingerprint density at radius 1 is 1.10 bits per heavy atom. The molecule has 0 atom stereocenters.